The number of aliphatic hydroxyl groups is 1. The average molecular weight is 281 g/mol. The number of hydrogen-bond acceptors (Lipinski definition) is 4. The van der Waals surface area contributed by atoms with Crippen molar-refractivity contribution in [2.45, 2.75) is 32.4 Å². The van der Waals surface area contributed by atoms with Gasteiger partial charge in [0.2, 0.25) is 0 Å². The van der Waals surface area contributed by atoms with Crippen LogP contribution in [0.1, 0.15) is 18.9 Å². The Balaban J connectivity index is 2.57. The molecular formula is C14H19NO5. The average Bonchev–Trinajstić information content (AvgIpc) is 2.40. The van der Waals surface area contributed by atoms with Crippen LogP contribution in [-0.4, -0.2) is 40.8 Å². The Bertz CT molecular complexity index is 457. The normalized spacial score (nSPS) is 13.3. The summed E-state index contributed by atoms with van der Waals surface area (Å²) >= 11 is 0. The van der Waals surface area contributed by atoms with E-state index in [-0.39, 0.29) is 13.0 Å². The van der Waals surface area contributed by atoms with Crippen molar-refractivity contribution in [3.05, 3.63) is 29.8 Å². The number of carboxylic acid groups (broad SMARTS) is 1. The number of aliphatic hydroxyl groups excluding tert-OH is 1. The molecule has 0 heterocycles. The molecule has 1 aromatic rings. The molecule has 0 fully saturated rings. The summed E-state index contributed by atoms with van der Waals surface area (Å²) in [5, 5.41) is 20.0. The predicted octanol–water partition coefficient (Wildman–Crippen LogP) is 0.714. The molecule has 0 aliphatic rings. The summed E-state index contributed by atoms with van der Waals surface area (Å²) in [6, 6.07) is 6.07. The van der Waals surface area contributed by atoms with Crippen molar-refractivity contribution in [1.82, 2.24) is 5.32 Å². The standard InChI is InChI=1S/C14H19NO5/c1-9-3-5-11(6-4-9)20-10(2)13(17)15-12(7-8-16)14(18)19/h3-6,10,12,16H,7-8H2,1-2H3,(H,15,17)(H,18,19)/t10?,12-/m0/s1. The first kappa shape index (κ1) is 16.0. The third-order valence-electron chi connectivity index (χ3n) is 2.74. The van der Waals surface area contributed by atoms with Gasteiger partial charge in [-0.2, -0.15) is 0 Å². The van der Waals surface area contributed by atoms with Gasteiger partial charge in [0.1, 0.15) is 11.8 Å². The Morgan fingerprint density at radius 3 is 2.40 bits per heavy atom. The molecular weight excluding hydrogens is 262 g/mol. The van der Waals surface area contributed by atoms with Crippen molar-refractivity contribution in [1.29, 1.82) is 0 Å². The highest BCUT2D eigenvalue weighted by molar-refractivity contribution is 5.86. The molecule has 0 spiro atoms. The molecule has 6 nitrogen and oxygen atoms in total. The second-order valence-corrected chi connectivity index (χ2v) is 4.48. The number of amides is 1. The van der Waals surface area contributed by atoms with Crippen LogP contribution in [0.25, 0.3) is 0 Å². The number of rotatable bonds is 7. The van der Waals surface area contributed by atoms with E-state index in [0.29, 0.717) is 5.75 Å². The molecule has 0 aliphatic heterocycles. The van der Waals surface area contributed by atoms with Crippen LogP contribution in [0.15, 0.2) is 24.3 Å². The molecule has 1 aromatic carbocycles. The van der Waals surface area contributed by atoms with Gasteiger partial charge in [-0.1, -0.05) is 17.7 Å². The number of carbonyl (C=O) groups excluding carboxylic acids is 1. The Morgan fingerprint density at radius 2 is 1.90 bits per heavy atom. The fraction of sp³-hybridized carbons (Fsp3) is 0.429. The van der Waals surface area contributed by atoms with Crippen molar-refractivity contribution >= 4 is 11.9 Å². The summed E-state index contributed by atoms with van der Waals surface area (Å²) in [5.74, 6) is -1.19. The Labute approximate surface area is 117 Å². The number of carboxylic acids is 1. The monoisotopic (exact) mass is 281 g/mol. The molecule has 1 amide bonds. The van der Waals surface area contributed by atoms with E-state index in [1.807, 2.05) is 19.1 Å². The van der Waals surface area contributed by atoms with E-state index in [2.05, 4.69) is 5.32 Å². The van der Waals surface area contributed by atoms with Gasteiger partial charge in [0, 0.05) is 13.0 Å². The highest BCUT2D eigenvalue weighted by Gasteiger charge is 2.23. The van der Waals surface area contributed by atoms with Crippen LogP contribution in [0, 0.1) is 6.92 Å². The molecule has 1 unspecified atom stereocenters. The van der Waals surface area contributed by atoms with Gasteiger partial charge in [-0.15, -0.1) is 0 Å². The summed E-state index contributed by atoms with van der Waals surface area (Å²) in [7, 11) is 0. The van der Waals surface area contributed by atoms with E-state index in [4.69, 9.17) is 14.9 Å². The van der Waals surface area contributed by atoms with Crippen LogP contribution in [0.4, 0.5) is 0 Å². The highest BCUT2D eigenvalue weighted by atomic mass is 16.5. The molecule has 2 atom stereocenters. The quantitative estimate of drug-likeness (QED) is 0.684. The zero-order valence-electron chi connectivity index (χ0n) is 11.5. The molecule has 110 valence electrons. The second kappa shape index (κ2) is 7.49. The van der Waals surface area contributed by atoms with Gasteiger partial charge in [0.15, 0.2) is 6.10 Å². The lowest BCUT2D eigenvalue weighted by Crippen LogP contribution is -2.46. The summed E-state index contributed by atoms with van der Waals surface area (Å²) in [6.45, 7) is 3.16. The third kappa shape index (κ3) is 4.89. The zero-order chi connectivity index (χ0) is 15.1. The number of nitrogens with one attached hydrogen (secondary N) is 1. The molecule has 3 N–H and O–H groups in total. The Kier molecular flexibility index (Phi) is 5.99. The fourth-order valence-corrected chi connectivity index (χ4v) is 1.55. The maximum Gasteiger partial charge on any atom is 0.326 e. The van der Waals surface area contributed by atoms with Crippen LogP contribution in [-0.2, 0) is 9.59 Å². The van der Waals surface area contributed by atoms with Crippen LogP contribution >= 0.6 is 0 Å². The molecule has 0 aliphatic carbocycles. The van der Waals surface area contributed by atoms with Crippen molar-refractivity contribution in [2.24, 2.45) is 0 Å². The second-order valence-electron chi connectivity index (χ2n) is 4.48. The fourth-order valence-electron chi connectivity index (χ4n) is 1.55. The first-order valence-electron chi connectivity index (χ1n) is 6.31. The number of benzene rings is 1. The van der Waals surface area contributed by atoms with Gasteiger partial charge >= 0.3 is 5.97 Å². The van der Waals surface area contributed by atoms with Crippen LogP contribution in [0.5, 0.6) is 5.75 Å². The third-order valence-corrected chi connectivity index (χ3v) is 2.74. The van der Waals surface area contributed by atoms with E-state index in [0.717, 1.165) is 5.56 Å². The van der Waals surface area contributed by atoms with E-state index in [1.54, 1.807) is 12.1 Å². The number of aliphatic carboxylic acids is 1. The molecule has 0 bridgehead atoms. The summed E-state index contributed by atoms with van der Waals surface area (Å²) in [4.78, 5) is 22.7. The number of hydrogen-bond donors (Lipinski definition) is 3. The number of ether oxygens (including phenoxy) is 1. The first-order chi connectivity index (χ1) is 9.43. The van der Waals surface area contributed by atoms with Crippen LogP contribution in [0.2, 0.25) is 0 Å². The van der Waals surface area contributed by atoms with Crippen molar-refractivity contribution in [3.63, 3.8) is 0 Å². The van der Waals surface area contributed by atoms with Gasteiger partial charge in [-0.3, -0.25) is 4.79 Å². The van der Waals surface area contributed by atoms with Crippen molar-refractivity contribution in [3.8, 4) is 5.75 Å². The lowest BCUT2D eigenvalue weighted by atomic mass is 10.2. The minimum atomic E-state index is -1.19. The van der Waals surface area contributed by atoms with E-state index in [9.17, 15) is 9.59 Å². The lowest BCUT2D eigenvalue weighted by molar-refractivity contribution is -0.143. The van der Waals surface area contributed by atoms with Crippen LogP contribution < -0.4 is 10.1 Å². The van der Waals surface area contributed by atoms with Gasteiger partial charge in [0.05, 0.1) is 0 Å². The minimum absolute atomic E-state index is 0.0433. The van der Waals surface area contributed by atoms with Gasteiger partial charge in [-0.05, 0) is 26.0 Å². The minimum Gasteiger partial charge on any atom is -0.481 e. The van der Waals surface area contributed by atoms with Gasteiger partial charge in [-0.25, -0.2) is 4.79 Å². The Morgan fingerprint density at radius 1 is 1.30 bits per heavy atom. The van der Waals surface area contributed by atoms with Crippen molar-refractivity contribution < 1.29 is 24.5 Å². The van der Waals surface area contributed by atoms with E-state index >= 15 is 0 Å². The summed E-state index contributed by atoms with van der Waals surface area (Å²) in [5.41, 5.74) is 1.07. The topological polar surface area (TPSA) is 95.9 Å². The molecule has 6 heteroatoms. The first-order valence-corrected chi connectivity index (χ1v) is 6.31. The predicted molar refractivity (Wildman–Crippen MR) is 72.5 cm³/mol. The largest absolute Gasteiger partial charge is 0.481 e. The molecule has 0 aromatic heterocycles. The lowest BCUT2D eigenvalue weighted by Gasteiger charge is -2.18. The molecule has 1 rings (SSSR count). The summed E-state index contributed by atoms with van der Waals surface area (Å²) in [6.07, 6.45) is -0.864. The molecule has 20 heavy (non-hydrogen) atoms. The van der Waals surface area contributed by atoms with Crippen molar-refractivity contribution in [2.75, 3.05) is 6.61 Å². The smallest absolute Gasteiger partial charge is 0.326 e. The van der Waals surface area contributed by atoms with Crippen LogP contribution in [0.3, 0.4) is 0 Å². The van der Waals surface area contributed by atoms with Gasteiger partial charge < -0.3 is 20.3 Å². The van der Waals surface area contributed by atoms with E-state index < -0.39 is 24.0 Å². The molecule has 0 saturated heterocycles. The van der Waals surface area contributed by atoms with Gasteiger partial charge in [0.25, 0.3) is 5.91 Å². The highest BCUT2D eigenvalue weighted by Crippen LogP contribution is 2.13. The molecule has 0 radical (unpaired) electrons. The summed E-state index contributed by atoms with van der Waals surface area (Å²) < 4.78 is 5.42. The maximum atomic E-state index is 11.8. The zero-order valence-corrected chi connectivity index (χ0v) is 11.5. The Hall–Kier alpha value is -2.08. The number of aryl methyl sites for hydroxylation is 1. The SMILES string of the molecule is Cc1ccc(OC(C)C(=O)N[C@@H](CCO)C(=O)O)cc1. The maximum absolute atomic E-state index is 11.8. The molecule has 0 saturated carbocycles. The van der Waals surface area contributed by atoms with E-state index in [1.165, 1.54) is 6.92 Å². The number of carbonyl (C=O) groups is 2.